The van der Waals surface area contributed by atoms with Crippen molar-refractivity contribution in [2.75, 3.05) is 25.0 Å². The molecule has 0 bridgehead atoms. The number of pyridine rings is 1. The number of likely N-dealkylation sites (tertiary alicyclic amines) is 1. The van der Waals surface area contributed by atoms with Crippen molar-refractivity contribution < 1.29 is 0 Å². The first kappa shape index (κ1) is 16.9. The van der Waals surface area contributed by atoms with Crippen LogP contribution in [0.25, 0.3) is 0 Å². The number of rotatable bonds is 5. The highest BCUT2D eigenvalue weighted by Gasteiger charge is 2.31. The van der Waals surface area contributed by atoms with Crippen LogP contribution in [-0.2, 0) is 6.54 Å². The molecule has 2 N–H and O–H groups in total. The summed E-state index contributed by atoms with van der Waals surface area (Å²) in [4.78, 5) is 9.22. The first-order chi connectivity index (χ1) is 11.5. The first-order valence-electron chi connectivity index (χ1n) is 8.75. The predicted octanol–water partition coefficient (Wildman–Crippen LogP) is 2.85. The number of nitrogens with two attached hydrogens (primary N) is 1. The summed E-state index contributed by atoms with van der Waals surface area (Å²) in [5.74, 6) is 1.44. The van der Waals surface area contributed by atoms with Gasteiger partial charge in [0.05, 0.1) is 0 Å². The molecule has 2 aromatic rings. The molecule has 1 aromatic heterocycles. The van der Waals surface area contributed by atoms with Crippen molar-refractivity contribution in [1.82, 2.24) is 9.88 Å². The monoisotopic (exact) mass is 324 g/mol. The maximum Gasteiger partial charge on any atom is 0.128 e. The van der Waals surface area contributed by atoms with Crippen LogP contribution in [0.1, 0.15) is 30.9 Å². The lowest BCUT2D eigenvalue weighted by atomic mass is 9.95. The molecule has 4 heteroatoms. The van der Waals surface area contributed by atoms with Gasteiger partial charge in [-0.25, -0.2) is 4.98 Å². The summed E-state index contributed by atoms with van der Waals surface area (Å²) in [6.07, 6.45) is 2.00. The van der Waals surface area contributed by atoms with Gasteiger partial charge in [0, 0.05) is 50.9 Å². The van der Waals surface area contributed by atoms with Crippen LogP contribution in [0.2, 0.25) is 0 Å². The zero-order valence-electron chi connectivity index (χ0n) is 14.9. The molecule has 1 aromatic carbocycles. The number of hydrogen-bond donors (Lipinski definition) is 1. The lowest BCUT2D eigenvalue weighted by molar-refractivity contribution is 0.323. The first-order valence-corrected chi connectivity index (χ1v) is 8.75. The third-order valence-electron chi connectivity index (χ3n) is 5.02. The summed E-state index contributed by atoms with van der Waals surface area (Å²) in [6.45, 7) is 7.21. The second-order valence-corrected chi connectivity index (χ2v) is 7.10. The van der Waals surface area contributed by atoms with Crippen molar-refractivity contribution in [3.63, 3.8) is 0 Å². The number of benzene rings is 1. The molecule has 0 radical (unpaired) electrons. The maximum absolute atomic E-state index is 6.39. The smallest absolute Gasteiger partial charge is 0.128 e. The average Bonchev–Trinajstić information content (AvgIpc) is 2.96. The molecule has 0 saturated carbocycles. The fraction of sp³-hybridized carbons (Fsp3) is 0.450. The molecule has 1 aliphatic heterocycles. The SMILES string of the molecule is CC(C)N(C)c1ccc(CN2C[C@@H](N)[C@H](c3ccccc3)C2)cn1. The summed E-state index contributed by atoms with van der Waals surface area (Å²) in [7, 11) is 2.08. The second kappa shape index (κ2) is 7.32. The summed E-state index contributed by atoms with van der Waals surface area (Å²) >= 11 is 0. The Kier molecular flexibility index (Phi) is 5.17. The van der Waals surface area contributed by atoms with Crippen molar-refractivity contribution in [1.29, 1.82) is 0 Å². The Bertz CT molecular complexity index is 638. The van der Waals surface area contributed by atoms with Gasteiger partial charge in [-0.2, -0.15) is 0 Å². The van der Waals surface area contributed by atoms with Gasteiger partial charge < -0.3 is 10.6 Å². The molecular formula is C20H28N4. The number of anilines is 1. The van der Waals surface area contributed by atoms with Crippen LogP contribution >= 0.6 is 0 Å². The van der Waals surface area contributed by atoms with E-state index in [0.717, 1.165) is 25.5 Å². The van der Waals surface area contributed by atoms with Gasteiger partial charge >= 0.3 is 0 Å². The molecule has 128 valence electrons. The highest BCUT2D eigenvalue weighted by atomic mass is 15.2. The Labute approximate surface area is 145 Å². The van der Waals surface area contributed by atoms with Crippen LogP contribution in [0, 0.1) is 0 Å². The fourth-order valence-electron chi connectivity index (χ4n) is 3.34. The van der Waals surface area contributed by atoms with Gasteiger partial charge in [-0.15, -0.1) is 0 Å². The predicted molar refractivity (Wildman–Crippen MR) is 100 cm³/mol. The summed E-state index contributed by atoms with van der Waals surface area (Å²) < 4.78 is 0. The van der Waals surface area contributed by atoms with E-state index in [1.165, 1.54) is 11.1 Å². The van der Waals surface area contributed by atoms with Gasteiger partial charge in [-0.05, 0) is 31.0 Å². The molecule has 2 heterocycles. The van der Waals surface area contributed by atoms with E-state index in [2.05, 4.69) is 78.1 Å². The largest absolute Gasteiger partial charge is 0.357 e. The fourth-order valence-corrected chi connectivity index (χ4v) is 3.34. The van der Waals surface area contributed by atoms with Gasteiger partial charge in [-0.3, -0.25) is 4.90 Å². The van der Waals surface area contributed by atoms with Crippen molar-refractivity contribution in [3.05, 3.63) is 59.8 Å². The maximum atomic E-state index is 6.39. The van der Waals surface area contributed by atoms with Crippen LogP contribution < -0.4 is 10.6 Å². The molecular weight excluding hydrogens is 296 g/mol. The Morgan fingerprint density at radius 1 is 1.17 bits per heavy atom. The summed E-state index contributed by atoms with van der Waals surface area (Å²) in [5, 5.41) is 0. The molecule has 0 amide bonds. The van der Waals surface area contributed by atoms with E-state index in [4.69, 9.17) is 5.73 Å². The molecule has 0 unspecified atom stereocenters. The Morgan fingerprint density at radius 2 is 1.92 bits per heavy atom. The van der Waals surface area contributed by atoms with E-state index in [0.29, 0.717) is 12.0 Å². The highest BCUT2D eigenvalue weighted by Crippen LogP contribution is 2.27. The average molecular weight is 324 g/mol. The number of hydrogen-bond acceptors (Lipinski definition) is 4. The third-order valence-corrected chi connectivity index (χ3v) is 5.02. The van der Waals surface area contributed by atoms with Crippen LogP contribution in [0.3, 0.4) is 0 Å². The molecule has 4 nitrogen and oxygen atoms in total. The zero-order chi connectivity index (χ0) is 17.1. The van der Waals surface area contributed by atoms with Crippen LogP contribution in [0.4, 0.5) is 5.82 Å². The topological polar surface area (TPSA) is 45.4 Å². The quantitative estimate of drug-likeness (QED) is 0.918. The minimum atomic E-state index is 0.201. The van der Waals surface area contributed by atoms with Gasteiger partial charge in [0.1, 0.15) is 5.82 Å². The van der Waals surface area contributed by atoms with Crippen LogP contribution in [0.5, 0.6) is 0 Å². The minimum absolute atomic E-state index is 0.201. The lowest BCUT2D eigenvalue weighted by Crippen LogP contribution is -2.28. The third kappa shape index (κ3) is 3.77. The normalized spacial score (nSPS) is 21.4. The van der Waals surface area contributed by atoms with Gasteiger partial charge in [0.2, 0.25) is 0 Å². The molecule has 0 spiro atoms. The second-order valence-electron chi connectivity index (χ2n) is 7.10. The molecule has 3 rings (SSSR count). The zero-order valence-corrected chi connectivity index (χ0v) is 14.9. The van der Waals surface area contributed by atoms with Crippen molar-refractivity contribution in [2.24, 2.45) is 5.73 Å². The Morgan fingerprint density at radius 3 is 2.54 bits per heavy atom. The summed E-state index contributed by atoms with van der Waals surface area (Å²) in [5.41, 5.74) is 8.98. The molecule has 1 saturated heterocycles. The Hall–Kier alpha value is -1.91. The molecule has 1 fully saturated rings. The van der Waals surface area contributed by atoms with E-state index in [1.807, 2.05) is 6.20 Å². The standard InChI is InChI=1S/C20H28N4/c1-15(2)23(3)20-10-9-16(11-22-20)12-24-13-18(19(21)14-24)17-7-5-4-6-8-17/h4-11,15,18-19H,12-14,21H2,1-3H3/t18-,19+/m0/s1. The molecule has 24 heavy (non-hydrogen) atoms. The highest BCUT2D eigenvalue weighted by molar-refractivity contribution is 5.39. The van der Waals surface area contributed by atoms with Gasteiger partial charge in [0.25, 0.3) is 0 Å². The molecule has 1 aliphatic rings. The van der Waals surface area contributed by atoms with Crippen molar-refractivity contribution in [3.8, 4) is 0 Å². The van der Waals surface area contributed by atoms with E-state index in [-0.39, 0.29) is 6.04 Å². The summed E-state index contributed by atoms with van der Waals surface area (Å²) in [6, 6.07) is 15.6. The van der Waals surface area contributed by atoms with Gasteiger partial charge in [0.15, 0.2) is 0 Å². The van der Waals surface area contributed by atoms with Crippen LogP contribution in [0.15, 0.2) is 48.7 Å². The minimum Gasteiger partial charge on any atom is -0.357 e. The molecule has 0 aliphatic carbocycles. The Balaban J connectivity index is 1.63. The van der Waals surface area contributed by atoms with E-state index >= 15 is 0 Å². The number of nitrogens with zero attached hydrogens (tertiary/aromatic N) is 3. The van der Waals surface area contributed by atoms with Crippen molar-refractivity contribution in [2.45, 2.75) is 38.4 Å². The van der Waals surface area contributed by atoms with E-state index in [1.54, 1.807) is 0 Å². The molecule has 2 atom stereocenters. The van der Waals surface area contributed by atoms with Crippen molar-refractivity contribution >= 4 is 5.82 Å². The lowest BCUT2D eigenvalue weighted by Gasteiger charge is -2.23. The van der Waals surface area contributed by atoms with Gasteiger partial charge in [-0.1, -0.05) is 36.4 Å². The van der Waals surface area contributed by atoms with Crippen LogP contribution in [-0.4, -0.2) is 42.1 Å². The van der Waals surface area contributed by atoms with E-state index < -0.39 is 0 Å². The van der Waals surface area contributed by atoms with E-state index in [9.17, 15) is 0 Å². The number of aromatic nitrogens is 1.